The average molecular weight is 284 g/mol. The van der Waals surface area contributed by atoms with Crippen LogP contribution in [0.15, 0.2) is 41.7 Å². The number of esters is 1. The maximum atomic E-state index is 12.6. The summed E-state index contributed by atoms with van der Waals surface area (Å²) in [7, 11) is 0. The summed E-state index contributed by atoms with van der Waals surface area (Å²) in [6, 6.07) is 9.80. The zero-order chi connectivity index (χ0) is 15.2. The zero-order valence-corrected chi connectivity index (χ0v) is 12.7. The van der Waals surface area contributed by atoms with Gasteiger partial charge in [0.15, 0.2) is 5.78 Å². The van der Waals surface area contributed by atoms with Crippen LogP contribution in [-0.4, -0.2) is 11.8 Å². The first kappa shape index (κ1) is 14.1. The summed E-state index contributed by atoms with van der Waals surface area (Å²) < 4.78 is 5.48. The Kier molecular flexibility index (Phi) is 3.23. The van der Waals surface area contributed by atoms with Crippen LogP contribution >= 0.6 is 0 Å². The third-order valence-corrected chi connectivity index (χ3v) is 4.44. The van der Waals surface area contributed by atoms with Gasteiger partial charge in [0.05, 0.1) is 5.92 Å². The first-order valence-electron chi connectivity index (χ1n) is 7.42. The van der Waals surface area contributed by atoms with E-state index in [0.717, 1.165) is 5.56 Å². The van der Waals surface area contributed by atoms with Crippen molar-refractivity contribution in [2.75, 3.05) is 0 Å². The van der Waals surface area contributed by atoms with Crippen LogP contribution in [-0.2, 0) is 14.3 Å². The van der Waals surface area contributed by atoms with E-state index in [9.17, 15) is 9.59 Å². The highest BCUT2D eigenvalue weighted by molar-refractivity contribution is 6.01. The molecule has 0 spiro atoms. The molecule has 0 saturated heterocycles. The number of benzene rings is 1. The van der Waals surface area contributed by atoms with Gasteiger partial charge < -0.3 is 4.74 Å². The molecule has 3 rings (SSSR count). The van der Waals surface area contributed by atoms with E-state index in [-0.39, 0.29) is 29.0 Å². The molecule has 0 aromatic heterocycles. The van der Waals surface area contributed by atoms with E-state index in [1.165, 1.54) is 0 Å². The molecular formula is C18H20O3. The molecule has 1 aliphatic carbocycles. The third kappa shape index (κ3) is 2.41. The number of rotatable bonds is 1. The van der Waals surface area contributed by atoms with E-state index in [4.69, 9.17) is 4.74 Å². The van der Waals surface area contributed by atoms with Gasteiger partial charge in [0.2, 0.25) is 0 Å². The van der Waals surface area contributed by atoms with Crippen LogP contribution in [0, 0.1) is 11.3 Å². The van der Waals surface area contributed by atoms with Crippen LogP contribution in [0.5, 0.6) is 0 Å². The lowest BCUT2D eigenvalue weighted by molar-refractivity contribution is -0.147. The quantitative estimate of drug-likeness (QED) is 0.740. The Balaban J connectivity index is 2.13. The number of ether oxygens (including phenoxy) is 1. The summed E-state index contributed by atoms with van der Waals surface area (Å²) >= 11 is 0. The molecule has 2 aliphatic rings. The number of hydrogen-bond acceptors (Lipinski definition) is 3. The van der Waals surface area contributed by atoms with Crippen molar-refractivity contribution < 1.29 is 14.3 Å². The number of carbonyl (C=O) groups is 2. The summed E-state index contributed by atoms with van der Waals surface area (Å²) in [4.78, 5) is 24.8. The molecule has 1 aliphatic heterocycles. The van der Waals surface area contributed by atoms with Crippen LogP contribution in [0.2, 0.25) is 0 Å². The molecule has 1 heterocycles. The van der Waals surface area contributed by atoms with Crippen molar-refractivity contribution in [3.05, 3.63) is 47.2 Å². The highest BCUT2D eigenvalue weighted by Gasteiger charge is 2.45. The normalized spacial score (nSPS) is 28.1. The fourth-order valence-corrected chi connectivity index (χ4v) is 3.43. The van der Waals surface area contributed by atoms with Gasteiger partial charge in [-0.1, -0.05) is 51.1 Å². The van der Waals surface area contributed by atoms with E-state index in [0.29, 0.717) is 24.2 Å². The molecule has 3 nitrogen and oxygen atoms in total. The minimum Gasteiger partial charge on any atom is -0.430 e. The van der Waals surface area contributed by atoms with Crippen LogP contribution in [0.4, 0.5) is 0 Å². The maximum absolute atomic E-state index is 12.6. The largest absolute Gasteiger partial charge is 0.430 e. The average Bonchev–Trinajstić information content (AvgIpc) is 2.41. The molecule has 0 bridgehead atoms. The third-order valence-electron chi connectivity index (χ3n) is 4.44. The maximum Gasteiger partial charge on any atom is 0.314 e. The highest BCUT2D eigenvalue weighted by atomic mass is 16.5. The van der Waals surface area contributed by atoms with Gasteiger partial charge in [0, 0.05) is 24.3 Å². The van der Waals surface area contributed by atoms with Gasteiger partial charge in [-0.2, -0.15) is 0 Å². The summed E-state index contributed by atoms with van der Waals surface area (Å²) in [5, 5.41) is 0. The highest BCUT2D eigenvalue weighted by Crippen LogP contribution is 2.47. The molecule has 1 aromatic carbocycles. The van der Waals surface area contributed by atoms with Crippen molar-refractivity contribution in [2.45, 2.75) is 39.5 Å². The molecule has 21 heavy (non-hydrogen) atoms. The van der Waals surface area contributed by atoms with Gasteiger partial charge in [-0.05, 0) is 11.0 Å². The van der Waals surface area contributed by atoms with Crippen molar-refractivity contribution in [1.82, 2.24) is 0 Å². The number of allylic oxidation sites excluding steroid dienone is 2. The number of ketones is 1. The van der Waals surface area contributed by atoms with Gasteiger partial charge in [-0.3, -0.25) is 9.59 Å². The lowest BCUT2D eigenvalue weighted by Gasteiger charge is -2.39. The predicted octanol–water partition coefficient (Wildman–Crippen LogP) is 3.61. The summed E-state index contributed by atoms with van der Waals surface area (Å²) in [6.45, 7) is 5.92. The lowest BCUT2D eigenvalue weighted by atomic mass is 9.69. The summed E-state index contributed by atoms with van der Waals surface area (Å²) in [6.07, 6.45) is 1.16. The van der Waals surface area contributed by atoms with Crippen molar-refractivity contribution in [1.29, 1.82) is 0 Å². The lowest BCUT2D eigenvalue weighted by Crippen LogP contribution is -2.38. The second-order valence-electron chi connectivity index (χ2n) is 6.88. The molecular weight excluding hydrogens is 264 g/mol. The Morgan fingerprint density at radius 2 is 1.76 bits per heavy atom. The summed E-state index contributed by atoms with van der Waals surface area (Å²) in [5.74, 6) is -0.0156. The van der Waals surface area contributed by atoms with Crippen LogP contribution < -0.4 is 0 Å². The van der Waals surface area contributed by atoms with E-state index >= 15 is 0 Å². The van der Waals surface area contributed by atoms with E-state index in [2.05, 4.69) is 0 Å². The van der Waals surface area contributed by atoms with Crippen LogP contribution in [0.25, 0.3) is 0 Å². The fraction of sp³-hybridized carbons (Fsp3) is 0.444. The smallest absolute Gasteiger partial charge is 0.314 e. The van der Waals surface area contributed by atoms with E-state index in [1.54, 1.807) is 0 Å². The molecule has 110 valence electrons. The molecule has 0 saturated carbocycles. The van der Waals surface area contributed by atoms with E-state index < -0.39 is 0 Å². The second kappa shape index (κ2) is 4.83. The van der Waals surface area contributed by atoms with Crippen LogP contribution in [0.3, 0.4) is 0 Å². The number of hydrogen-bond donors (Lipinski definition) is 0. The standard InChI is InChI=1S/C18H20O3/c1-11-15(12-7-5-4-6-8-12)16-13(19)9-18(2,3)10-14(16)21-17(11)20/h4-8,11,15H,9-10H2,1-3H3. The molecule has 1 aromatic rings. The Labute approximate surface area is 125 Å². The van der Waals surface area contributed by atoms with Gasteiger partial charge in [0.1, 0.15) is 5.76 Å². The Morgan fingerprint density at radius 1 is 1.10 bits per heavy atom. The summed E-state index contributed by atoms with van der Waals surface area (Å²) in [5.41, 5.74) is 1.59. The van der Waals surface area contributed by atoms with Crippen molar-refractivity contribution in [2.24, 2.45) is 11.3 Å². The first-order chi connectivity index (χ1) is 9.89. The first-order valence-corrected chi connectivity index (χ1v) is 7.42. The molecule has 0 fully saturated rings. The van der Waals surface area contributed by atoms with Gasteiger partial charge in [-0.25, -0.2) is 0 Å². The minimum atomic E-state index is -0.323. The fourth-order valence-electron chi connectivity index (χ4n) is 3.43. The van der Waals surface area contributed by atoms with Crippen molar-refractivity contribution in [3.63, 3.8) is 0 Å². The van der Waals surface area contributed by atoms with Gasteiger partial charge in [-0.15, -0.1) is 0 Å². The second-order valence-corrected chi connectivity index (χ2v) is 6.88. The van der Waals surface area contributed by atoms with Crippen LogP contribution in [0.1, 0.15) is 45.1 Å². The molecule has 0 N–H and O–H groups in total. The van der Waals surface area contributed by atoms with Crippen molar-refractivity contribution in [3.8, 4) is 0 Å². The topological polar surface area (TPSA) is 43.4 Å². The van der Waals surface area contributed by atoms with Crippen molar-refractivity contribution >= 4 is 11.8 Å². The molecule has 0 amide bonds. The number of Topliss-reactive ketones (excluding diaryl/α,β-unsaturated/α-hetero) is 1. The Morgan fingerprint density at radius 3 is 2.43 bits per heavy atom. The predicted molar refractivity (Wildman–Crippen MR) is 79.5 cm³/mol. The Bertz CT molecular complexity index is 625. The molecule has 2 unspecified atom stereocenters. The molecule has 2 atom stereocenters. The van der Waals surface area contributed by atoms with Gasteiger partial charge in [0.25, 0.3) is 0 Å². The molecule has 0 radical (unpaired) electrons. The number of carbonyl (C=O) groups excluding carboxylic acids is 2. The minimum absolute atomic E-state index is 0.120. The Hall–Kier alpha value is -1.90. The molecule has 3 heteroatoms. The van der Waals surface area contributed by atoms with E-state index in [1.807, 2.05) is 51.1 Å². The van der Waals surface area contributed by atoms with Gasteiger partial charge >= 0.3 is 5.97 Å². The monoisotopic (exact) mass is 284 g/mol. The zero-order valence-electron chi connectivity index (χ0n) is 12.7. The SMILES string of the molecule is CC1C(=O)OC2=C(C(=O)CC(C)(C)C2)C1c1ccccc1.